The Labute approximate surface area is 128 Å². The quantitative estimate of drug-likeness (QED) is 0.674. The number of rotatable bonds is 3. The van der Waals surface area contributed by atoms with Crippen LogP contribution in [0.2, 0.25) is 5.02 Å². The second kappa shape index (κ2) is 6.41. The van der Waals surface area contributed by atoms with Crippen molar-refractivity contribution in [3.05, 3.63) is 63.7 Å². The first-order valence-corrected chi connectivity index (χ1v) is 6.75. The van der Waals surface area contributed by atoms with Crippen molar-refractivity contribution in [3.8, 4) is 5.75 Å². The van der Waals surface area contributed by atoms with Gasteiger partial charge >= 0.3 is 0 Å². The second-order valence-electron chi connectivity index (χ2n) is 4.70. The van der Waals surface area contributed by atoms with E-state index in [1.54, 1.807) is 43.3 Å². The van der Waals surface area contributed by atoms with Gasteiger partial charge in [-0.1, -0.05) is 29.8 Å². The van der Waals surface area contributed by atoms with E-state index in [2.05, 4.69) is 10.5 Å². The first-order valence-electron chi connectivity index (χ1n) is 6.37. The van der Waals surface area contributed by atoms with Crippen molar-refractivity contribution in [2.45, 2.75) is 13.8 Å². The minimum absolute atomic E-state index is 0.142. The summed E-state index contributed by atoms with van der Waals surface area (Å²) in [6, 6.07) is 10.5. The molecule has 5 heteroatoms. The number of benzene rings is 2. The van der Waals surface area contributed by atoms with E-state index in [4.69, 9.17) is 11.6 Å². The van der Waals surface area contributed by atoms with E-state index < -0.39 is 5.91 Å². The van der Waals surface area contributed by atoms with Gasteiger partial charge in [-0.15, -0.1) is 0 Å². The Hall–Kier alpha value is -2.33. The molecule has 0 atom stereocenters. The van der Waals surface area contributed by atoms with Gasteiger partial charge in [0.1, 0.15) is 5.75 Å². The van der Waals surface area contributed by atoms with Gasteiger partial charge in [0.25, 0.3) is 5.91 Å². The highest BCUT2D eigenvalue weighted by Gasteiger charge is 2.09. The standard InChI is InChI=1S/C16H15ClN2O2/c1-10-6-7-13(14(17)8-10)16(21)19-18-9-12-5-3-4-11(2)15(12)20/h3-9,20H,1-2H3,(H,19,21)/b18-9-. The lowest BCUT2D eigenvalue weighted by atomic mass is 10.1. The molecule has 0 aliphatic carbocycles. The highest BCUT2D eigenvalue weighted by atomic mass is 35.5. The maximum absolute atomic E-state index is 11.9. The number of carbonyl (C=O) groups excluding carboxylic acids is 1. The minimum Gasteiger partial charge on any atom is -0.507 e. The van der Waals surface area contributed by atoms with Crippen LogP contribution in [0.25, 0.3) is 0 Å². The fourth-order valence-electron chi connectivity index (χ4n) is 1.81. The average Bonchev–Trinajstić information content (AvgIpc) is 2.43. The molecule has 2 aromatic rings. The lowest BCUT2D eigenvalue weighted by Crippen LogP contribution is -2.18. The van der Waals surface area contributed by atoms with Crippen molar-refractivity contribution < 1.29 is 9.90 Å². The zero-order valence-electron chi connectivity index (χ0n) is 11.7. The maximum Gasteiger partial charge on any atom is 0.272 e. The summed E-state index contributed by atoms with van der Waals surface area (Å²) in [5.74, 6) is -0.257. The molecule has 0 aliphatic heterocycles. The van der Waals surface area contributed by atoms with Gasteiger partial charge in [0.05, 0.1) is 16.8 Å². The van der Waals surface area contributed by atoms with Gasteiger partial charge in [-0.05, 0) is 43.2 Å². The number of aryl methyl sites for hydroxylation is 2. The number of carbonyl (C=O) groups is 1. The lowest BCUT2D eigenvalue weighted by molar-refractivity contribution is 0.0955. The number of hydrazone groups is 1. The number of phenolic OH excluding ortho intramolecular Hbond substituents is 1. The van der Waals surface area contributed by atoms with Crippen LogP contribution in [0.3, 0.4) is 0 Å². The Kier molecular flexibility index (Phi) is 4.60. The molecule has 0 bridgehead atoms. The van der Waals surface area contributed by atoms with E-state index in [1.807, 2.05) is 6.92 Å². The molecule has 2 aromatic carbocycles. The van der Waals surface area contributed by atoms with Crippen LogP contribution in [0.15, 0.2) is 41.5 Å². The van der Waals surface area contributed by atoms with Crippen LogP contribution in [-0.2, 0) is 0 Å². The van der Waals surface area contributed by atoms with Gasteiger partial charge in [0.15, 0.2) is 0 Å². The molecule has 0 spiro atoms. The van der Waals surface area contributed by atoms with E-state index in [1.165, 1.54) is 6.21 Å². The number of halogens is 1. The Bertz CT molecular complexity index is 711. The number of para-hydroxylation sites is 1. The van der Waals surface area contributed by atoms with Crippen LogP contribution in [0.1, 0.15) is 27.0 Å². The summed E-state index contributed by atoms with van der Waals surface area (Å²) in [6.07, 6.45) is 1.39. The molecule has 0 unspecified atom stereocenters. The van der Waals surface area contributed by atoms with Crippen molar-refractivity contribution in [2.75, 3.05) is 0 Å². The summed E-state index contributed by atoms with van der Waals surface area (Å²) in [4.78, 5) is 11.9. The first-order chi connectivity index (χ1) is 9.99. The smallest absolute Gasteiger partial charge is 0.272 e. The Balaban J connectivity index is 2.10. The Morgan fingerprint density at radius 2 is 2.05 bits per heavy atom. The van der Waals surface area contributed by atoms with E-state index >= 15 is 0 Å². The molecular weight excluding hydrogens is 288 g/mol. The molecule has 2 N–H and O–H groups in total. The summed E-state index contributed by atoms with van der Waals surface area (Å²) in [6.45, 7) is 3.68. The molecule has 2 rings (SSSR count). The predicted octanol–water partition coefficient (Wildman–Crippen LogP) is 3.43. The van der Waals surface area contributed by atoms with Gasteiger partial charge in [0, 0.05) is 5.56 Å². The van der Waals surface area contributed by atoms with E-state index in [0.717, 1.165) is 11.1 Å². The molecule has 0 saturated carbocycles. The highest BCUT2D eigenvalue weighted by Crippen LogP contribution is 2.19. The number of hydrogen-bond donors (Lipinski definition) is 2. The van der Waals surface area contributed by atoms with Crippen molar-refractivity contribution in [1.29, 1.82) is 0 Å². The minimum atomic E-state index is -0.400. The molecule has 0 fully saturated rings. The monoisotopic (exact) mass is 302 g/mol. The zero-order valence-corrected chi connectivity index (χ0v) is 12.5. The van der Waals surface area contributed by atoms with Crippen LogP contribution in [0, 0.1) is 13.8 Å². The fraction of sp³-hybridized carbons (Fsp3) is 0.125. The molecule has 0 radical (unpaired) electrons. The second-order valence-corrected chi connectivity index (χ2v) is 5.10. The largest absolute Gasteiger partial charge is 0.507 e. The zero-order chi connectivity index (χ0) is 15.4. The highest BCUT2D eigenvalue weighted by molar-refractivity contribution is 6.33. The van der Waals surface area contributed by atoms with Crippen molar-refractivity contribution >= 4 is 23.7 Å². The molecule has 0 saturated heterocycles. The number of hydrogen-bond acceptors (Lipinski definition) is 3. The van der Waals surface area contributed by atoms with Crippen molar-refractivity contribution in [2.24, 2.45) is 5.10 Å². The molecular formula is C16H15ClN2O2. The molecule has 1 amide bonds. The number of nitrogens with zero attached hydrogens (tertiary/aromatic N) is 1. The van der Waals surface area contributed by atoms with E-state index in [-0.39, 0.29) is 5.75 Å². The molecule has 4 nitrogen and oxygen atoms in total. The molecule has 108 valence electrons. The number of aromatic hydroxyl groups is 1. The number of amides is 1. The maximum atomic E-state index is 11.9. The summed E-state index contributed by atoms with van der Waals surface area (Å²) in [5.41, 5.74) is 5.00. The Morgan fingerprint density at radius 1 is 1.29 bits per heavy atom. The van der Waals surface area contributed by atoms with E-state index in [0.29, 0.717) is 16.1 Å². The summed E-state index contributed by atoms with van der Waals surface area (Å²) < 4.78 is 0. The van der Waals surface area contributed by atoms with Crippen LogP contribution in [0.5, 0.6) is 5.75 Å². The molecule has 0 heterocycles. The molecule has 21 heavy (non-hydrogen) atoms. The third-order valence-corrected chi connectivity index (χ3v) is 3.32. The van der Waals surface area contributed by atoms with E-state index in [9.17, 15) is 9.90 Å². The first kappa shape index (κ1) is 15.1. The molecule has 0 aromatic heterocycles. The Morgan fingerprint density at radius 3 is 2.76 bits per heavy atom. The summed E-state index contributed by atoms with van der Waals surface area (Å²) >= 11 is 6.01. The van der Waals surface area contributed by atoms with Crippen molar-refractivity contribution in [3.63, 3.8) is 0 Å². The van der Waals surface area contributed by atoms with Gasteiger partial charge in [-0.2, -0.15) is 5.10 Å². The van der Waals surface area contributed by atoms with Crippen LogP contribution < -0.4 is 5.43 Å². The average molecular weight is 303 g/mol. The fourth-order valence-corrected chi connectivity index (χ4v) is 2.13. The molecule has 0 aliphatic rings. The van der Waals surface area contributed by atoms with Crippen LogP contribution in [0.4, 0.5) is 0 Å². The lowest BCUT2D eigenvalue weighted by Gasteiger charge is -2.04. The van der Waals surface area contributed by atoms with Crippen LogP contribution in [-0.4, -0.2) is 17.2 Å². The van der Waals surface area contributed by atoms with Gasteiger partial charge in [0.2, 0.25) is 0 Å². The number of phenols is 1. The summed E-state index contributed by atoms with van der Waals surface area (Å²) in [5, 5.41) is 14.0. The predicted molar refractivity (Wildman–Crippen MR) is 84.1 cm³/mol. The van der Waals surface area contributed by atoms with Gasteiger partial charge < -0.3 is 5.11 Å². The topological polar surface area (TPSA) is 61.7 Å². The number of nitrogens with one attached hydrogen (secondary N) is 1. The van der Waals surface area contributed by atoms with Crippen LogP contribution >= 0.6 is 11.6 Å². The summed E-state index contributed by atoms with van der Waals surface area (Å²) in [7, 11) is 0. The normalized spacial score (nSPS) is 10.8. The SMILES string of the molecule is Cc1ccc(C(=O)N/N=C\c2cccc(C)c2O)c(Cl)c1. The third kappa shape index (κ3) is 3.61. The van der Waals surface area contributed by atoms with Gasteiger partial charge in [-0.25, -0.2) is 5.43 Å². The van der Waals surface area contributed by atoms with Gasteiger partial charge in [-0.3, -0.25) is 4.79 Å². The van der Waals surface area contributed by atoms with Crippen molar-refractivity contribution in [1.82, 2.24) is 5.43 Å². The third-order valence-electron chi connectivity index (χ3n) is 3.01.